The zero-order valence-electron chi connectivity index (χ0n) is 9.49. The van der Waals surface area contributed by atoms with Gasteiger partial charge in [-0.25, -0.2) is 9.97 Å². The molecule has 0 spiro atoms. The molecule has 0 saturated carbocycles. The van der Waals surface area contributed by atoms with Crippen molar-refractivity contribution in [2.75, 3.05) is 11.9 Å². The van der Waals surface area contributed by atoms with Gasteiger partial charge in [0, 0.05) is 6.54 Å². The molecule has 0 aliphatic carbocycles. The van der Waals surface area contributed by atoms with E-state index in [4.69, 9.17) is 11.6 Å². The first-order chi connectivity index (χ1) is 9.09. The molecule has 0 aliphatic heterocycles. The lowest BCUT2D eigenvalue weighted by Gasteiger charge is -2.11. The standard InChI is InChI=1S/C10H9ClN4O3S/c11-9-8(15(17)18)10(14-5-13-9)12-3-7(16)6-1-2-19-4-6/h1-2,4-5,7,16H,3H2,(H,12,13,14). The summed E-state index contributed by atoms with van der Waals surface area (Å²) in [5.74, 6) is -0.0146. The Morgan fingerprint density at radius 3 is 3.00 bits per heavy atom. The Kier molecular flexibility index (Phi) is 4.25. The molecule has 100 valence electrons. The minimum atomic E-state index is -0.778. The van der Waals surface area contributed by atoms with Crippen molar-refractivity contribution in [3.8, 4) is 0 Å². The Hall–Kier alpha value is -1.77. The van der Waals surface area contributed by atoms with Crippen molar-refractivity contribution in [1.82, 2.24) is 9.97 Å². The number of nitro groups is 1. The maximum absolute atomic E-state index is 10.9. The molecule has 1 atom stereocenters. The van der Waals surface area contributed by atoms with Crippen molar-refractivity contribution < 1.29 is 10.0 Å². The van der Waals surface area contributed by atoms with Crippen molar-refractivity contribution in [2.24, 2.45) is 0 Å². The van der Waals surface area contributed by atoms with Gasteiger partial charge in [-0.15, -0.1) is 0 Å². The summed E-state index contributed by atoms with van der Waals surface area (Å²) in [5.41, 5.74) is 0.335. The van der Waals surface area contributed by atoms with E-state index in [1.54, 1.807) is 11.4 Å². The summed E-state index contributed by atoms with van der Waals surface area (Å²) in [6.45, 7) is 0.0882. The van der Waals surface area contributed by atoms with Crippen LogP contribution in [0.4, 0.5) is 11.5 Å². The molecule has 0 aromatic carbocycles. The molecule has 2 N–H and O–H groups in total. The number of rotatable bonds is 5. The molecule has 7 nitrogen and oxygen atoms in total. The van der Waals surface area contributed by atoms with Crippen LogP contribution in [-0.4, -0.2) is 26.5 Å². The molecule has 1 unspecified atom stereocenters. The summed E-state index contributed by atoms with van der Waals surface area (Å²) >= 11 is 7.10. The van der Waals surface area contributed by atoms with Crippen LogP contribution >= 0.6 is 22.9 Å². The van der Waals surface area contributed by atoms with Crippen molar-refractivity contribution in [2.45, 2.75) is 6.10 Å². The predicted octanol–water partition coefficient (Wildman–Crippen LogP) is 2.25. The van der Waals surface area contributed by atoms with E-state index in [0.29, 0.717) is 0 Å². The van der Waals surface area contributed by atoms with Gasteiger partial charge in [-0.2, -0.15) is 11.3 Å². The van der Waals surface area contributed by atoms with E-state index in [2.05, 4.69) is 15.3 Å². The zero-order valence-corrected chi connectivity index (χ0v) is 11.1. The Labute approximate surface area is 117 Å². The van der Waals surface area contributed by atoms with Crippen LogP contribution in [0.15, 0.2) is 23.2 Å². The van der Waals surface area contributed by atoms with Crippen LogP contribution in [0.3, 0.4) is 0 Å². The summed E-state index contributed by atoms with van der Waals surface area (Å²) in [6, 6.07) is 1.78. The normalized spacial score (nSPS) is 12.1. The molecule has 2 aromatic rings. The summed E-state index contributed by atoms with van der Waals surface area (Å²) in [7, 11) is 0. The largest absolute Gasteiger partial charge is 0.387 e. The summed E-state index contributed by atoms with van der Waals surface area (Å²) in [4.78, 5) is 17.5. The van der Waals surface area contributed by atoms with E-state index in [1.165, 1.54) is 11.3 Å². The number of aromatic nitrogens is 2. The molecule has 0 radical (unpaired) electrons. The average Bonchev–Trinajstić information content (AvgIpc) is 2.89. The highest BCUT2D eigenvalue weighted by atomic mass is 35.5. The van der Waals surface area contributed by atoms with E-state index in [0.717, 1.165) is 11.9 Å². The number of aliphatic hydroxyl groups is 1. The number of hydrogen-bond donors (Lipinski definition) is 2. The fourth-order valence-electron chi connectivity index (χ4n) is 1.42. The molecule has 0 bridgehead atoms. The molecule has 2 aromatic heterocycles. The quantitative estimate of drug-likeness (QED) is 0.499. The average molecular weight is 301 g/mol. The summed E-state index contributed by atoms with van der Waals surface area (Å²) in [6.07, 6.45) is 0.342. The predicted molar refractivity (Wildman–Crippen MR) is 71.5 cm³/mol. The Balaban J connectivity index is 2.12. The molecule has 0 aliphatic rings. The highest BCUT2D eigenvalue weighted by molar-refractivity contribution is 7.07. The first-order valence-electron chi connectivity index (χ1n) is 5.18. The number of nitrogens with zero attached hydrogens (tertiary/aromatic N) is 3. The molecule has 0 amide bonds. The van der Waals surface area contributed by atoms with E-state index in [-0.39, 0.29) is 17.5 Å². The van der Waals surface area contributed by atoms with Crippen LogP contribution in [-0.2, 0) is 0 Å². The lowest BCUT2D eigenvalue weighted by Crippen LogP contribution is -2.14. The molecular formula is C10H9ClN4O3S. The van der Waals surface area contributed by atoms with Gasteiger partial charge in [0.1, 0.15) is 6.33 Å². The minimum absolute atomic E-state index is 0.0146. The Bertz CT molecular complexity index is 578. The monoisotopic (exact) mass is 300 g/mol. The van der Waals surface area contributed by atoms with E-state index >= 15 is 0 Å². The van der Waals surface area contributed by atoms with Gasteiger partial charge in [-0.05, 0) is 22.4 Å². The van der Waals surface area contributed by atoms with Gasteiger partial charge in [0.2, 0.25) is 11.0 Å². The van der Waals surface area contributed by atoms with Gasteiger partial charge in [-0.1, -0.05) is 11.6 Å². The molecular weight excluding hydrogens is 292 g/mol. The zero-order chi connectivity index (χ0) is 13.8. The number of thiophene rings is 1. The molecule has 2 heterocycles. The second-order valence-corrected chi connectivity index (χ2v) is 4.71. The fraction of sp³-hybridized carbons (Fsp3) is 0.200. The van der Waals surface area contributed by atoms with Crippen molar-refractivity contribution in [3.63, 3.8) is 0 Å². The van der Waals surface area contributed by atoms with Gasteiger partial charge in [0.05, 0.1) is 11.0 Å². The fourth-order valence-corrected chi connectivity index (χ4v) is 2.33. The van der Waals surface area contributed by atoms with Crippen LogP contribution < -0.4 is 5.32 Å². The van der Waals surface area contributed by atoms with Crippen LogP contribution in [0.5, 0.6) is 0 Å². The van der Waals surface area contributed by atoms with Gasteiger partial charge in [-0.3, -0.25) is 10.1 Å². The highest BCUT2D eigenvalue weighted by Crippen LogP contribution is 2.28. The number of aliphatic hydroxyl groups excluding tert-OH is 1. The van der Waals surface area contributed by atoms with Gasteiger partial charge < -0.3 is 10.4 Å². The van der Waals surface area contributed by atoms with Gasteiger partial charge >= 0.3 is 5.69 Å². The molecule has 9 heteroatoms. The first-order valence-corrected chi connectivity index (χ1v) is 6.50. The molecule has 0 fully saturated rings. The second kappa shape index (κ2) is 5.91. The maximum atomic E-state index is 10.9. The van der Waals surface area contributed by atoms with Crippen LogP contribution in [0.25, 0.3) is 0 Å². The lowest BCUT2D eigenvalue weighted by molar-refractivity contribution is -0.384. The molecule has 2 rings (SSSR count). The first kappa shape index (κ1) is 13.7. The topological polar surface area (TPSA) is 101 Å². The SMILES string of the molecule is O=[N+]([O-])c1c(Cl)ncnc1NCC(O)c1ccsc1. The number of halogens is 1. The number of nitrogens with one attached hydrogen (secondary N) is 1. The number of hydrogen-bond acceptors (Lipinski definition) is 7. The lowest BCUT2D eigenvalue weighted by atomic mass is 10.2. The molecule has 0 saturated heterocycles. The minimum Gasteiger partial charge on any atom is -0.387 e. The third kappa shape index (κ3) is 3.16. The Morgan fingerprint density at radius 2 is 2.37 bits per heavy atom. The summed E-state index contributed by atoms with van der Waals surface area (Å²) < 4.78 is 0. The third-order valence-electron chi connectivity index (χ3n) is 2.35. The second-order valence-electron chi connectivity index (χ2n) is 3.57. The van der Waals surface area contributed by atoms with Crippen LogP contribution in [0.1, 0.15) is 11.7 Å². The molecule has 19 heavy (non-hydrogen) atoms. The van der Waals surface area contributed by atoms with Crippen LogP contribution in [0, 0.1) is 10.1 Å². The van der Waals surface area contributed by atoms with Crippen molar-refractivity contribution >= 4 is 34.4 Å². The van der Waals surface area contributed by atoms with Crippen LogP contribution in [0.2, 0.25) is 5.15 Å². The summed E-state index contributed by atoms with van der Waals surface area (Å²) in [5, 5.41) is 26.8. The maximum Gasteiger partial charge on any atom is 0.348 e. The van der Waals surface area contributed by atoms with Gasteiger partial charge in [0.25, 0.3) is 0 Å². The smallest absolute Gasteiger partial charge is 0.348 e. The van der Waals surface area contributed by atoms with E-state index in [1.807, 2.05) is 5.38 Å². The van der Waals surface area contributed by atoms with Crippen molar-refractivity contribution in [3.05, 3.63) is 44.0 Å². The highest BCUT2D eigenvalue weighted by Gasteiger charge is 2.22. The third-order valence-corrected chi connectivity index (χ3v) is 3.33. The van der Waals surface area contributed by atoms with Crippen molar-refractivity contribution in [1.29, 1.82) is 0 Å². The number of anilines is 1. The van der Waals surface area contributed by atoms with Gasteiger partial charge in [0.15, 0.2) is 0 Å². The van der Waals surface area contributed by atoms with E-state index < -0.39 is 16.7 Å². The Morgan fingerprint density at radius 1 is 1.58 bits per heavy atom. The van der Waals surface area contributed by atoms with E-state index in [9.17, 15) is 15.2 Å².